The lowest BCUT2D eigenvalue weighted by atomic mass is 9.69. The maximum absolute atomic E-state index is 15.1. The van der Waals surface area contributed by atoms with Gasteiger partial charge in [0.1, 0.15) is 11.6 Å². The zero-order valence-corrected chi connectivity index (χ0v) is 16.8. The molecule has 4 heteroatoms. The molecule has 0 bridgehead atoms. The molecule has 2 rings (SSSR count). The van der Waals surface area contributed by atoms with Gasteiger partial charge in [-0.15, -0.1) is 0 Å². The molecule has 0 saturated carbocycles. The largest absolute Gasteiger partial charge is 0.462 e. The summed E-state index contributed by atoms with van der Waals surface area (Å²) in [4.78, 5) is 11.7. The van der Waals surface area contributed by atoms with Crippen molar-refractivity contribution in [2.45, 2.75) is 53.9 Å². The van der Waals surface area contributed by atoms with Gasteiger partial charge in [0.15, 0.2) is 0 Å². The number of hydrogen-bond acceptors (Lipinski definition) is 2. The lowest BCUT2D eigenvalue weighted by Crippen LogP contribution is -2.22. The highest BCUT2D eigenvalue weighted by Gasteiger charge is 2.31. The number of carbonyl (C=O) groups is 1. The zero-order valence-electron chi connectivity index (χ0n) is 16.8. The molecule has 1 aliphatic rings. The van der Waals surface area contributed by atoms with Crippen LogP contribution in [0.5, 0.6) is 0 Å². The maximum atomic E-state index is 15.1. The molecule has 1 aliphatic carbocycles. The molecule has 146 valence electrons. The van der Waals surface area contributed by atoms with Crippen LogP contribution in [0.3, 0.4) is 0 Å². The molecule has 0 unspecified atom stereocenters. The van der Waals surface area contributed by atoms with Crippen molar-refractivity contribution < 1.29 is 18.3 Å². The van der Waals surface area contributed by atoms with Crippen LogP contribution >= 0.6 is 0 Å². The second-order valence-electron chi connectivity index (χ2n) is 7.73. The average Bonchev–Trinajstić information content (AvgIpc) is 2.59. The van der Waals surface area contributed by atoms with E-state index in [1.165, 1.54) is 17.7 Å². The van der Waals surface area contributed by atoms with E-state index in [0.29, 0.717) is 11.1 Å². The first-order valence-corrected chi connectivity index (χ1v) is 9.33. The Kier molecular flexibility index (Phi) is 6.40. The molecule has 0 spiro atoms. The molecule has 2 nitrogen and oxygen atoms in total. The molecule has 0 N–H and O–H groups in total. The lowest BCUT2D eigenvalue weighted by Gasteiger charge is -2.36. The molecule has 0 heterocycles. The van der Waals surface area contributed by atoms with Crippen LogP contribution in [0.25, 0.3) is 5.83 Å². The van der Waals surface area contributed by atoms with Gasteiger partial charge in [0, 0.05) is 5.56 Å². The summed E-state index contributed by atoms with van der Waals surface area (Å²) in [5.41, 5.74) is 3.01. The Bertz CT molecular complexity index is 829. The first-order valence-electron chi connectivity index (χ1n) is 9.33. The van der Waals surface area contributed by atoms with Gasteiger partial charge in [-0.3, -0.25) is 0 Å². The van der Waals surface area contributed by atoms with Gasteiger partial charge < -0.3 is 4.74 Å². The fraction of sp³-hybridized carbons (Fsp3) is 0.435. The average molecular weight is 374 g/mol. The number of rotatable bonds is 5. The Hall–Kier alpha value is -2.23. The van der Waals surface area contributed by atoms with E-state index in [2.05, 4.69) is 27.4 Å². The molecule has 0 aliphatic heterocycles. The maximum Gasteiger partial charge on any atom is 0.338 e. The minimum Gasteiger partial charge on any atom is -0.462 e. The highest BCUT2D eigenvalue weighted by molar-refractivity contribution is 5.90. The number of allylic oxidation sites excluding steroid dienone is 4. The molecule has 0 amide bonds. The van der Waals surface area contributed by atoms with Crippen molar-refractivity contribution in [1.29, 1.82) is 0 Å². The van der Waals surface area contributed by atoms with E-state index in [-0.39, 0.29) is 23.1 Å². The summed E-state index contributed by atoms with van der Waals surface area (Å²) >= 11 is 0. The van der Waals surface area contributed by atoms with Gasteiger partial charge in [-0.25, -0.2) is 13.6 Å². The summed E-state index contributed by atoms with van der Waals surface area (Å²) in [5, 5.41) is 0. The van der Waals surface area contributed by atoms with E-state index in [0.717, 1.165) is 30.9 Å². The Morgan fingerprint density at radius 3 is 2.56 bits per heavy atom. The molecule has 0 fully saturated rings. The first kappa shape index (κ1) is 21.1. The fourth-order valence-electron chi connectivity index (χ4n) is 3.85. The van der Waals surface area contributed by atoms with Gasteiger partial charge in [0.25, 0.3) is 0 Å². The van der Waals surface area contributed by atoms with Gasteiger partial charge in [-0.1, -0.05) is 26.0 Å². The predicted molar refractivity (Wildman–Crippen MR) is 106 cm³/mol. The van der Waals surface area contributed by atoms with Gasteiger partial charge in [0.2, 0.25) is 0 Å². The summed E-state index contributed by atoms with van der Waals surface area (Å²) in [6.07, 6.45) is 3.08. The molecule has 0 atom stereocenters. The second-order valence-corrected chi connectivity index (χ2v) is 7.73. The molecule has 0 saturated heterocycles. The van der Waals surface area contributed by atoms with Crippen molar-refractivity contribution in [3.05, 3.63) is 64.0 Å². The van der Waals surface area contributed by atoms with Gasteiger partial charge in [-0.05, 0) is 80.4 Å². The van der Waals surface area contributed by atoms with Crippen molar-refractivity contribution >= 4 is 11.8 Å². The van der Waals surface area contributed by atoms with Crippen LogP contribution in [-0.4, -0.2) is 12.6 Å². The third-order valence-electron chi connectivity index (χ3n) is 5.26. The smallest absolute Gasteiger partial charge is 0.338 e. The molecular weight excluding hydrogens is 346 g/mol. The van der Waals surface area contributed by atoms with Crippen molar-refractivity contribution in [2.75, 3.05) is 6.61 Å². The number of benzene rings is 1. The summed E-state index contributed by atoms with van der Waals surface area (Å²) in [6, 6.07) is 3.67. The lowest BCUT2D eigenvalue weighted by molar-refractivity contribution is 0.0525. The van der Waals surface area contributed by atoms with Gasteiger partial charge in [0.05, 0.1) is 12.2 Å². The zero-order chi connectivity index (χ0) is 20.4. The molecule has 0 aromatic heterocycles. The van der Waals surface area contributed by atoms with E-state index in [4.69, 9.17) is 4.74 Å². The number of esters is 1. The van der Waals surface area contributed by atoms with E-state index >= 15 is 4.39 Å². The minimum atomic E-state index is -0.793. The Balaban J connectivity index is 2.42. The number of ether oxygens (including phenoxy) is 1. The van der Waals surface area contributed by atoms with Crippen LogP contribution in [0.4, 0.5) is 8.78 Å². The van der Waals surface area contributed by atoms with E-state index in [9.17, 15) is 9.18 Å². The summed E-state index contributed by atoms with van der Waals surface area (Å²) in [7, 11) is 0. The van der Waals surface area contributed by atoms with Crippen molar-refractivity contribution in [2.24, 2.45) is 5.41 Å². The molecule has 0 radical (unpaired) electrons. The number of hydrogen-bond donors (Lipinski definition) is 0. The normalized spacial score (nSPS) is 17.4. The van der Waals surface area contributed by atoms with Crippen LogP contribution in [0, 0.1) is 11.2 Å². The van der Waals surface area contributed by atoms with E-state index < -0.39 is 17.6 Å². The van der Waals surface area contributed by atoms with Crippen LogP contribution < -0.4 is 0 Å². The molecule has 1 aromatic carbocycles. The van der Waals surface area contributed by atoms with Crippen molar-refractivity contribution in [3.8, 4) is 0 Å². The van der Waals surface area contributed by atoms with Gasteiger partial charge in [-0.2, -0.15) is 0 Å². The van der Waals surface area contributed by atoms with Crippen LogP contribution in [0.2, 0.25) is 0 Å². The Morgan fingerprint density at radius 2 is 2.00 bits per heavy atom. The Morgan fingerprint density at radius 1 is 1.33 bits per heavy atom. The van der Waals surface area contributed by atoms with Crippen LogP contribution in [0.1, 0.15) is 69.8 Å². The predicted octanol–water partition coefficient (Wildman–Crippen LogP) is 6.79. The number of halogens is 2. The standard InChI is InChI=1S/C23H28F2O2/c1-7-27-22(26)17-10-11-18(19(24)13-17)21(25)16(4)15(3)20-14(2)9-8-12-23(20,5)6/h10-11,13H,3,7-9,12H2,1-2,4-6H3/b21-16-. The highest BCUT2D eigenvalue weighted by Crippen LogP contribution is 2.46. The van der Waals surface area contributed by atoms with Crippen molar-refractivity contribution in [1.82, 2.24) is 0 Å². The third kappa shape index (κ3) is 4.37. The summed E-state index contributed by atoms with van der Waals surface area (Å²) in [5.74, 6) is -2.08. The van der Waals surface area contributed by atoms with Crippen molar-refractivity contribution in [3.63, 3.8) is 0 Å². The SMILES string of the molecule is C=C(C1=C(C)CCCC1(C)C)/C(C)=C(\F)c1ccc(C(=O)OCC)cc1F. The molecule has 1 aromatic rings. The van der Waals surface area contributed by atoms with Gasteiger partial charge >= 0.3 is 5.97 Å². The third-order valence-corrected chi connectivity index (χ3v) is 5.26. The highest BCUT2D eigenvalue weighted by atomic mass is 19.1. The molecule has 27 heavy (non-hydrogen) atoms. The van der Waals surface area contributed by atoms with E-state index in [1.54, 1.807) is 13.8 Å². The summed E-state index contributed by atoms with van der Waals surface area (Å²) < 4.78 is 34.4. The fourth-order valence-corrected chi connectivity index (χ4v) is 3.85. The van der Waals surface area contributed by atoms with E-state index in [1.807, 2.05) is 0 Å². The Labute approximate surface area is 160 Å². The minimum absolute atomic E-state index is 0.0642. The quantitative estimate of drug-likeness (QED) is 0.419. The number of carbonyl (C=O) groups excluding carboxylic acids is 1. The summed E-state index contributed by atoms with van der Waals surface area (Å²) in [6.45, 7) is 13.9. The second kappa shape index (κ2) is 8.20. The topological polar surface area (TPSA) is 26.3 Å². The van der Waals surface area contributed by atoms with Crippen LogP contribution in [-0.2, 0) is 4.74 Å². The van der Waals surface area contributed by atoms with Crippen LogP contribution in [0.15, 0.2) is 47.1 Å². The first-order chi connectivity index (χ1) is 12.6. The monoisotopic (exact) mass is 374 g/mol. The molecular formula is C23H28F2O2.